The second kappa shape index (κ2) is 4.59. The van der Waals surface area contributed by atoms with Crippen LogP contribution in [0.1, 0.15) is 22.5 Å². The number of carbonyl (C=O) groups is 1. The summed E-state index contributed by atoms with van der Waals surface area (Å²) in [6.07, 6.45) is 3.87. The molecule has 1 N–H and O–H groups in total. The molecule has 0 unspecified atom stereocenters. The van der Waals surface area contributed by atoms with E-state index in [0.29, 0.717) is 6.54 Å². The Kier molecular flexibility index (Phi) is 3.44. The molecule has 0 aromatic carbocycles. The van der Waals surface area contributed by atoms with E-state index in [2.05, 4.69) is 6.58 Å². The van der Waals surface area contributed by atoms with E-state index in [-0.39, 0.29) is 5.56 Å². The van der Waals surface area contributed by atoms with Crippen molar-refractivity contribution >= 4 is 5.97 Å². The van der Waals surface area contributed by atoms with Gasteiger partial charge in [-0.3, -0.25) is 4.79 Å². The summed E-state index contributed by atoms with van der Waals surface area (Å²) in [6.45, 7) is 6.00. The molecular formula is C11H13NO3. The van der Waals surface area contributed by atoms with Crippen molar-refractivity contribution in [1.82, 2.24) is 4.57 Å². The minimum absolute atomic E-state index is 0.190. The van der Waals surface area contributed by atoms with Crippen molar-refractivity contribution in [3.05, 3.63) is 46.4 Å². The van der Waals surface area contributed by atoms with Gasteiger partial charge in [0, 0.05) is 24.5 Å². The number of aryl methyl sites for hydroxylation is 2. The van der Waals surface area contributed by atoms with Crippen LogP contribution in [0.5, 0.6) is 0 Å². The van der Waals surface area contributed by atoms with Gasteiger partial charge in [-0.05, 0) is 13.3 Å². The van der Waals surface area contributed by atoms with Crippen LogP contribution in [0, 0.1) is 6.92 Å². The summed E-state index contributed by atoms with van der Waals surface area (Å²) in [5.41, 5.74) is 0.117. The molecular weight excluding hydrogens is 194 g/mol. The number of rotatable bonds is 4. The van der Waals surface area contributed by atoms with E-state index in [1.54, 1.807) is 17.6 Å². The molecule has 0 saturated heterocycles. The number of aromatic nitrogens is 1. The number of allylic oxidation sites excluding steroid dienone is 1. The van der Waals surface area contributed by atoms with Crippen LogP contribution < -0.4 is 5.43 Å². The molecule has 0 radical (unpaired) electrons. The molecule has 0 atom stereocenters. The Morgan fingerprint density at radius 2 is 2.33 bits per heavy atom. The molecule has 1 rings (SSSR count). The number of hydrogen-bond donors (Lipinski definition) is 1. The number of pyridine rings is 1. The van der Waals surface area contributed by atoms with E-state index >= 15 is 0 Å². The van der Waals surface area contributed by atoms with Crippen LogP contribution in [0.3, 0.4) is 0 Å². The second-order valence-electron chi connectivity index (χ2n) is 3.27. The summed E-state index contributed by atoms with van der Waals surface area (Å²) in [5.74, 6) is -1.19. The predicted octanol–water partition coefficient (Wildman–Crippen LogP) is 1.43. The van der Waals surface area contributed by atoms with Gasteiger partial charge in [-0.25, -0.2) is 4.79 Å². The first kappa shape index (κ1) is 11.2. The molecule has 0 fully saturated rings. The highest BCUT2D eigenvalue weighted by molar-refractivity contribution is 5.87. The first-order valence-corrected chi connectivity index (χ1v) is 4.61. The maximum absolute atomic E-state index is 11.3. The van der Waals surface area contributed by atoms with E-state index in [1.165, 1.54) is 12.3 Å². The van der Waals surface area contributed by atoms with Crippen LogP contribution in [0.15, 0.2) is 29.7 Å². The lowest BCUT2D eigenvalue weighted by Crippen LogP contribution is -2.18. The topological polar surface area (TPSA) is 59.3 Å². The lowest BCUT2D eigenvalue weighted by Gasteiger charge is -2.09. The fraction of sp³-hybridized carbons (Fsp3) is 0.273. The van der Waals surface area contributed by atoms with Gasteiger partial charge in [0.2, 0.25) is 0 Å². The molecule has 0 amide bonds. The summed E-state index contributed by atoms with van der Waals surface area (Å²) in [7, 11) is 0. The highest BCUT2D eigenvalue weighted by atomic mass is 16.4. The van der Waals surface area contributed by atoms with Crippen LogP contribution >= 0.6 is 0 Å². The van der Waals surface area contributed by atoms with Crippen LogP contribution in [0.2, 0.25) is 0 Å². The summed E-state index contributed by atoms with van der Waals surface area (Å²) >= 11 is 0. The number of hydrogen-bond acceptors (Lipinski definition) is 2. The van der Waals surface area contributed by atoms with Gasteiger partial charge in [-0.1, -0.05) is 6.08 Å². The average Bonchev–Trinajstić information content (AvgIpc) is 2.16. The second-order valence-corrected chi connectivity index (χ2v) is 3.27. The first-order valence-electron chi connectivity index (χ1n) is 4.61. The molecule has 1 aromatic heterocycles. The highest BCUT2D eigenvalue weighted by Crippen LogP contribution is 2.01. The smallest absolute Gasteiger partial charge is 0.341 e. The van der Waals surface area contributed by atoms with Gasteiger partial charge >= 0.3 is 5.97 Å². The molecule has 80 valence electrons. The van der Waals surface area contributed by atoms with Gasteiger partial charge in [0.15, 0.2) is 5.43 Å². The van der Waals surface area contributed by atoms with Crippen molar-refractivity contribution < 1.29 is 9.90 Å². The van der Waals surface area contributed by atoms with E-state index < -0.39 is 11.4 Å². The van der Waals surface area contributed by atoms with Crippen molar-refractivity contribution in [2.75, 3.05) is 0 Å². The summed E-state index contributed by atoms with van der Waals surface area (Å²) in [4.78, 5) is 22.0. The molecule has 0 aliphatic carbocycles. The molecule has 4 nitrogen and oxygen atoms in total. The molecule has 0 aliphatic rings. The quantitative estimate of drug-likeness (QED) is 0.760. The molecule has 15 heavy (non-hydrogen) atoms. The van der Waals surface area contributed by atoms with Crippen LogP contribution in [-0.4, -0.2) is 15.6 Å². The highest BCUT2D eigenvalue weighted by Gasteiger charge is 2.09. The molecule has 0 saturated carbocycles. The SMILES string of the molecule is C=CCCn1cc(C(=O)O)c(=O)cc1C. The maximum atomic E-state index is 11.3. The Bertz CT molecular complexity index is 446. The zero-order valence-corrected chi connectivity index (χ0v) is 8.56. The van der Waals surface area contributed by atoms with Crippen LogP contribution in [0.4, 0.5) is 0 Å². The van der Waals surface area contributed by atoms with Gasteiger partial charge in [0.05, 0.1) is 0 Å². The molecule has 0 bridgehead atoms. The lowest BCUT2D eigenvalue weighted by molar-refractivity contribution is 0.0694. The van der Waals surface area contributed by atoms with Gasteiger partial charge in [0.25, 0.3) is 0 Å². The van der Waals surface area contributed by atoms with Crippen molar-refractivity contribution in [3.63, 3.8) is 0 Å². The average molecular weight is 207 g/mol. The Morgan fingerprint density at radius 1 is 1.67 bits per heavy atom. The molecule has 1 aromatic rings. The van der Waals surface area contributed by atoms with Crippen molar-refractivity contribution in [1.29, 1.82) is 0 Å². The largest absolute Gasteiger partial charge is 0.477 e. The predicted molar refractivity (Wildman–Crippen MR) is 57.2 cm³/mol. The fourth-order valence-corrected chi connectivity index (χ4v) is 1.30. The standard InChI is InChI=1S/C11H13NO3/c1-3-4-5-12-7-9(11(14)15)10(13)6-8(12)2/h3,6-7H,1,4-5H2,2H3,(H,14,15). The number of carboxylic acid groups (broad SMARTS) is 1. The summed E-state index contributed by atoms with van der Waals surface area (Å²) in [5, 5.41) is 8.77. The monoisotopic (exact) mass is 207 g/mol. The van der Waals surface area contributed by atoms with E-state index in [1.807, 2.05) is 0 Å². The molecule has 1 heterocycles. The van der Waals surface area contributed by atoms with E-state index in [0.717, 1.165) is 12.1 Å². The third-order valence-electron chi connectivity index (χ3n) is 2.15. The zero-order chi connectivity index (χ0) is 11.4. The van der Waals surface area contributed by atoms with Crippen molar-refractivity contribution in [3.8, 4) is 0 Å². The lowest BCUT2D eigenvalue weighted by atomic mass is 10.2. The fourth-order valence-electron chi connectivity index (χ4n) is 1.30. The minimum atomic E-state index is -1.19. The Balaban J connectivity index is 3.17. The van der Waals surface area contributed by atoms with Crippen molar-refractivity contribution in [2.24, 2.45) is 0 Å². The molecule has 0 aliphatic heterocycles. The van der Waals surface area contributed by atoms with Crippen LogP contribution in [0.25, 0.3) is 0 Å². The van der Waals surface area contributed by atoms with E-state index in [4.69, 9.17) is 5.11 Å². The first-order chi connectivity index (χ1) is 7.06. The Labute approximate surface area is 87.5 Å². The van der Waals surface area contributed by atoms with Gasteiger partial charge in [0.1, 0.15) is 5.56 Å². The molecule has 0 spiro atoms. The van der Waals surface area contributed by atoms with Crippen LogP contribution in [-0.2, 0) is 6.54 Å². The third-order valence-corrected chi connectivity index (χ3v) is 2.15. The van der Waals surface area contributed by atoms with Gasteiger partial charge < -0.3 is 9.67 Å². The Hall–Kier alpha value is -1.84. The minimum Gasteiger partial charge on any atom is -0.477 e. The summed E-state index contributed by atoms with van der Waals surface area (Å²) in [6, 6.07) is 1.34. The number of aromatic carboxylic acids is 1. The maximum Gasteiger partial charge on any atom is 0.341 e. The number of nitrogens with zero attached hydrogens (tertiary/aromatic N) is 1. The van der Waals surface area contributed by atoms with Crippen molar-refractivity contribution in [2.45, 2.75) is 19.9 Å². The Morgan fingerprint density at radius 3 is 2.87 bits per heavy atom. The normalized spacial score (nSPS) is 9.93. The summed E-state index contributed by atoms with van der Waals surface area (Å²) < 4.78 is 1.74. The van der Waals surface area contributed by atoms with Gasteiger partial charge in [-0.15, -0.1) is 6.58 Å². The molecule has 4 heteroatoms. The zero-order valence-electron chi connectivity index (χ0n) is 8.56. The number of carboxylic acids is 1. The van der Waals surface area contributed by atoms with E-state index in [9.17, 15) is 9.59 Å². The third kappa shape index (κ3) is 2.56. The van der Waals surface area contributed by atoms with Gasteiger partial charge in [-0.2, -0.15) is 0 Å².